The maximum Gasteiger partial charge on any atom is 0.316 e. The molecule has 1 aliphatic rings. The Bertz CT molecular complexity index is 244. The number of fused-ring (bicyclic) bond motifs is 1. The van der Waals surface area contributed by atoms with E-state index in [0.717, 1.165) is 18.4 Å². The Balaban J connectivity index is 2.45. The van der Waals surface area contributed by atoms with Crippen molar-refractivity contribution in [3.8, 4) is 5.95 Å². The molecule has 0 aliphatic carbocycles. The van der Waals surface area contributed by atoms with Gasteiger partial charge in [-0.3, -0.25) is 0 Å². The van der Waals surface area contributed by atoms with Crippen LogP contribution < -0.4 is 10.5 Å². The second kappa shape index (κ2) is 1.90. The number of anilines is 1. The lowest BCUT2D eigenvalue weighted by Crippen LogP contribution is -2.07. The van der Waals surface area contributed by atoms with Crippen LogP contribution in [0.15, 0.2) is 4.52 Å². The highest BCUT2D eigenvalue weighted by atomic mass is 16.6. The summed E-state index contributed by atoms with van der Waals surface area (Å²) in [6, 6.07) is 0. The second-order valence-corrected chi connectivity index (χ2v) is 2.29. The van der Waals surface area contributed by atoms with E-state index in [1.165, 1.54) is 0 Å². The number of nitrogens with two attached hydrogens (primary N) is 1. The van der Waals surface area contributed by atoms with E-state index in [2.05, 4.69) is 5.16 Å². The molecule has 0 atom stereocenters. The van der Waals surface area contributed by atoms with Gasteiger partial charge in [0.1, 0.15) is 0 Å². The molecule has 4 nitrogen and oxygen atoms in total. The molecule has 54 valence electrons. The third-order valence-corrected chi connectivity index (χ3v) is 1.59. The van der Waals surface area contributed by atoms with Crippen LogP contribution in [0.3, 0.4) is 0 Å². The quantitative estimate of drug-likeness (QED) is 0.572. The highest BCUT2D eigenvalue weighted by Crippen LogP contribution is 2.28. The molecule has 1 aliphatic heterocycles. The zero-order valence-corrected chi connectivity index (χ0v) is 5.46. The first-order chi connectivity index (χ1) is 4.88. The van der Waals surface area contributed by atoms with E-state index in [-0.39, 0.29) is 0 Å². The van der Waals surface area contributed by atoms with Crippen LogP contribution in [-0.2, 0) is 6.42 Å². The average Bonchev–Trinajstić information content (AvgIpc) is 2.34. The Labute approximate surface area is 57.9 Å². The van der Waals surface area contributed by atoms with Crippen LogP contribution in [0.5, 0.6) is 5.95 Å². The fraction of sp³-hybridized carbons (Fsp3) is 0.500. The summed E-state index contributed by atoms with van der Waals surface area (Å²) in [6.07, 6.45) is 1.92. The minimum Gasteiger partial charge on any atom is -0.464 e. The van der Waals surface area contributed by atoms with Gasteiger partial charge in [-0.2, -0.15) is 0 Å². The van der Waals surface area contributed by atoms with E-state index in [9.17, 15) is 0 Å². The van der Waals surface area contributed by atoms with Crippen molar-refractivity contribution in [1.82, 2.24) is 5.16 Å². The summed E-state index contributed by atoms with van der Waals surface area (Å²) in [4.78, 5) is 0. The summed E-state index contributed by atoms with van der Waals surface area (Å²) >= 11 is 0. The zero-order chi connectivity index (χ0) is 6.97. The van der Waals surface area contributed by atoms with Gasteiger partial charge in [0.2, 0.25) is 0 Å². The van der Waals surface area contributed by atoms with Crippen molar-refractivity contribution in [2.45, 2.75) is 12.8 Å². The Hall–Kier alpha value is -1.19. The van der Waals surface area contributed by atoms with E-state index in [4.69, 9.17) is 15.0 Å². The zero-order valence-electron chi connectivity index (χ0n) is 5.46. The lowest BCUT2D eigenvalue weighted by molar-refractivity contribution is 0.197. The monoisotopic (exact) mass is 140 g/mol. The highest BCUT2D eigenvalue weighted by Gasteiger charge is 2.18. The predicted octanol–water partition coefficient (Wildman–Crippen LogP) is 0.582. The van der Waals surface area contributed by atoms with Gasteiger partial charge in [0.05, 0.1) is 12.2 Å². The summed E-state index contributed by atoms with van der Waals surface area (Å²) < 4.78 is 9.92. The van der Waals surface area contributed by atoms with E-state index in [0.29, 0.717) is 18.4 Å². The largest absolute Gasteiger partial charge is 0.464 e. The topological polar surface area (TPSA) is 61.3 Å². The SMILES string of the molecule is Nc1noc2c1CCCO2. The molecule has 0 amide bonds. The van der Waals surface area contributed by atoms with E-state index in [1.54, 1.807) is 0 Å². The number of hydrogen-bond acceptors (Lipinski definition) is 4. The minimum absolute atomic E-state index is 0.467. The number of ether oxygens (including phenoxy) is 1. The Morgan fingerprint density at radius 3 is 3.20 bits per heavy atom. The maximum absolute atomic E-state index is 5.48. The standard InChI is InChI=1S/C6H8N2O2/c7-5-4-2-1-3-9-6(4)10-8-5/h1-3H2,(H2,7,8). The van der Waals surface area contributed by atoms with Gasteiger partial charge in [-0.25, -0.2) is 0 Å². The summed E-state index contributed by atoms with van der Waals surface area (Å²) in [5.74, 6) is 0.971. The van der Waals surface area contributed by atoms with Gasteiger partial charge in [-0.1, -0.05) is 5.16 Å². The molecule has 0 bridgehead atoms. The molecule has 0 radical (unpaired) electrons. The molecular formula is C6H8N2O2. The molecule has 0 spiro atoms. The Morgan fingerprint density at radius 1 is 1.50 bits per heavy atom. The molecule has 0 saturated carbocycles. The number of nitrogen functional groups attached to an aromatic ring is 1. The molecule has 10 heavy (non-hydrogen) atoms. The first-order valence-corrected chi connectivity index (χ1v) is 3.25. The van der Waals surface area contributed by atoms with Gasteiger partial charge < -0.3 is 15.0 Å². The van der Waals surface area contributed by atoms with Gasteiger partial charge in [-0.05, 0) is 12.8 Å². The number of aromatic nitrogens is 1. The summed E-state index contributed by atoms with van der Waals surface area (Å²) in [5, 5.41) is 3.58. The molecule has 4 heteroatoms. The van der Waals surface area contributed by atoms with Crippen LogP contribution in [-0.4, -0.2) is 11.8 Å². The Kier molecular flexibility index (Phi) is 1.06. The van der Waals surface area contributed by atoms with Gasteiger partial charge >= 0.3 is 5.95 Å². The van der Waals surface area contributed by atoms with Crippen molar-refractivity contribution in [2.24, 2.45) is 0 Å². The summed E-state index contributed by atoms with van der Waals surface area (Å²) in [5.41, 5.74) is 6.40. The first kappa shape index (κ1) is 5.58. The number of nitrogens with zero attached hydrogens (tertiary/aromatic N) is 1. The van der Waals surface area contributed by atoms with E-state index >= 15 is 0 Å². The van der Waals surface area contributed by atoms with Crippen LogP contribution in [0.25, 0.3) is 0 Å². The van der Waals surface area contributed by atoms with Crippen molar-refractivity contribution in [3.63, 3.8) is 0 Å². The molecule has 2 heterocycles. The molecule has 2 rings (SSSR count). The molecule has 0 unspecified atom stereocenters. The lowest BCUT2D eigenvalue weighted by Gasteiger charge is -2.08. The van der Waals surface area contributed by atoms with Gasteiger partial charge in [0.25, 0.3) is 0 Å². The molecule has 1 aromatic heterocycles. The third kappa shape index (κ3) is 0.650. The fourth-order valence-electron chi connectivity index (χ4n) is 1.06. The fourth-order valence-corrected chi connectivity index (χ4v) is 1.06. The predicted molar refractivity (Wildman–Crippen MR) is 34.7 cm³/mol. The number of rotatable bonds is 0. The molecule has 2 N–H and O–H groups in total. The van der Waals surface area contributed by atoms with Crippen molar-refractivity contribution >= 4 is 5.82 Å². The molecule has 0 saturated heterocycles. The maximum atomic E-state index is 5.48. The van der Waals surface area contributed by atoms with Gasteiger partial charge in [0, 0.05) is 0 Å². The van der Waals surface area contributed by atoms with Crippen LogP contribution in [0.1, 0.15) is 12.0 Å². The lowest BCUT2D eigenvalue weighted by atomic mass is 10.1. The molecular weight excluding hydrogens is 132 g/mol. The van der Waals surface area contributed by atoms with E-state index < -0.39 is 0 Å². The third-order valence-electron chi connectivity index (χ3n) is 1.59. The summed E-state index contributed by atoms with van der Waals surface area (Å²) in [7, 11) is 0. The molecule has 1 aromatic rings. The van der Waals surface area contributed by atoms with Crippen molar-refractivity contribution in [2.75, 3.05) is 12.3 Å². The molecule has 0 fully saturated rings. The van der Waals surface area contributed by atoms with Crippen molar-refractivity contribution < 1.29 is 9.26 Å². The van der Waals surface area contributed by atoms with Crippen LogP contribution in [0.4, 0.5) is 5.82 Å². The smallest absolute Gasteiger partial charge is 0.316 e. The van der Waals surface area contributed by atoms with Gasteiger partial charge in [-0.15, -0.1) is 0 Å². The van der Waals surface area contributed by atoms with Crippen LogP contribution in [0, 0.1) is 0 Å². The Morgan fingerprint density at radius 2 is 2.40 bits per heavy atom. The van der Waals surface area contributed by atoms with Crippen molar-refractivity contribution in [3.05, 3.63) is 5.56 Å². The van der Waals surface area contributed by atoms with Crippen LogP contribution in [0.2, 0.25) is 0 Å². The summed E-state index contributed by atoms with van der Waals surface area (Å²) in [6.45, 7) is 0.710. The normalized spacial score (nSPS) is 16.0. The van der Waals surface area contributed by atoms with Crippen LogP contribution >= 0.6 is 0 Å². The highest BCUT2D eigenvalue weighted by molar-refractivity contribution is 5.44. The second-order valence-electron chi connectivity index (χ2n) is 2.29. The number of hydrogen-bond donors (Lipinski definition) is 1. The van der Waals surface area contributed by atoms with Gasteiger partial charge in [0.15, 0.2) is 5.82 Å². The average molecular weight is 140 g/mol. The molecule has 0 aromatic carbocycles. The van der Waals surface area contributed by atoms with Crippen molar-refractivity contribution in [1.29, 1.82) is 0 Å². The minimum atomic E-state index is 0.467. The first-order valence-electron chi connectivity index (χ1n) is 3.25. The van der Waals surface area contributed by atoms with E-state index in [1.807, 2.05) is 0 Å².